The molecule has 2 heterocycles. The minimum Gasteiger partial charge on any atom is -0.464 e. The monoisotopic (exact) mass is 302 g/mol. The molecule has 120 valence electrons. The molecular weight excluding hydrogens is 276 g/mol. The van der Waals surface area contributed by atoms with Crippen molar-refractivity contribution in [1.82, 2.24) is 9.80 Å². The molecule has 1 aromatic carbocycles. The van der Waals surface area contributed by atoms with Gasteiger partial charge in [0.25, 0.3) is 0 Å². The summed E-state index contributed by atoms with van der Waals surface area (Å²) in [5, 5.41) is 10.2. The number of piperidine rings is 1. The zero-order chi connectivity index (χ0) is 15.4. The van der Waals surface area contributed by atoms with Gasteiger partial charge < -0.3 is 14.4 Å². The van der Waals surface area contributed by atoms with Crippen molar-refractivity contribution in [2.24, 2.45) is 0 Å². The number of benzene rings is 1. The van der Waals surface area contributed by atoms with E-state index in [9.17, 15) is 0 Å². The third kappa shape index (κ3) is 3.51. The predicted molar refractivity (Wildman–Crippen MR) is 88.8 cm³/mol. The molecule has 1 fully saturated rings. The van der Waals surface area contributed by atoms with Crippen LogP contribution in [0.1, 0.15) is 24.8 Å². The van der Waals surface area contributed by atoms with E-state index < -0.39 is 0 Å². The summed E-state index contributed by atoms with van der Waals surface area (Å²) >= 11 is 0. The standard InChI is InChI=1S/C18H26N2O2/c1-19(9-4-12-21)16-7-10-20(11-8-16)13-15-14-22-18-6-3-2-5-17(15)18/h2-3,5-6,14,16,21H,4,7-13H2,1H3. The van der Waals surface area contributed by atoms with Gasteiger partial charge >= 0.3 is 0 Å². The van der Waals surface area contributed by atoms with Crippen LogP contribution in [0.3, 0.4) is 0 Å². The first-order valence-corrected chi connectivity index (χ1v) is 8.26. The second-order valence-electron chi connectivity index (χ2n) is 6.32. The van der Waals surface area contributed by atoms with Crippen molar-refractivity contribution in [2.75, 3.05) is 33.3 Å². The smallest absolute Gasteiger partial charge is 0.134 e. The van der Waals surface area contributed by atoms with Crippen molar-refractivity contribution < 1.29 is 9.52 Å². The Kier molecular flexibility index (Phi) is 5.13. The Morgan fingerprint density at radius 2 is 2.05 bits per heavy atom. The summed E-state index contributed by atoms with van der Waals surface area (Å²) in [6.07, 6.45) is 5.19. The minimum atomic E-state index is 0.288. The summed E-state index contributed by atoms with van der Waals surface area (Å²) in [4.78, 5) is 4.93. The summed E-state index contributed by atoms with van der Waals surface area (Å²) < 4.78 is 5.64. The van der Waals surface area contributed by atoms with E-state index >= 15 is 0 Å². The second kappa shape index (κ2) is 7.27. The van der Waals surface area contributed by atoms with Gasteiger partial charge in [0.2, 0.25) is 0 Å². The van der Waals surface area contributed by atoms with Gasteiger partial charge in [0, 0.05) is 36.7 Å². The molecule has 1 aliphatic heterocycles. The fourth-order valence-electron chi connectivity index (χ4n) is 3.42. The number of rotatable bonds is 6. The zero-order valence-electron chi connectivity index (χ0n) is 13.4. The third-order valence-electron chi connectivity index (χ3n) is 4.80. The molecule has 0 saturated carbocycles. The lowest BCUT2D eigenvalue weighted by atomic mass is 10.0. The van der Waals surface area contributed by atoms with Crippen molar-refractivity contribution in [1.29, 1.82) is 0 Å². The van der Waals surface area contributed by atoms with Crippen LogP contribution < -0.4 is 0 Å². The fraction of sp³-hybridized carbons (Fsp3) is 0.556. The highest BCUT2D eigenvalue weighted by Crippen LogP contribution is 2.24. The van der Waals surface area contributed by atoms with Crippen LogP contribution >= 0.6 is 0 Å². The number of aliphatic hydroxyl groups excluding tert-OH is 1. The molecular formula is C18H26N2O2. The molecule has 2 aromatic rings. The topological polar surface area (TPSA) is 39.9 Å². The summed E-state index contributed by atoms with van der Waals surface area (Å²) in [7, 11) is 2.18. The van der Waals surface area contributed by atoms with Crippen LogP contribution in [0.2, 0.25) is 0 Å². The summed E-state index contributed by atoms with van der Waals surface area (Å²) in [5.41, 5.74) is 2.28. The Balaban J connectivity index is 1.54. The maximum Gasteiger partial charge on any atom is 0.134 e. The lowest BCUT2D eigenvalue weighted by Crippen LogP contribution is -2.43. The van der Waals surface area contributed by atoms with Crippen molar-refractivity contribution in [2.45, 2.75) is 31.8 Å². The van der Waals surface area contributed by atoms with E-state index in [0.717, 1.165) is 38.2 Å². The number of nitrogens with zero attached hydrogens (tertiary/aromatic N) is 2. The van der Waals surface area contributed by atoms with Crippen LogP contribution in [-0.4, -0.2) is 54.2 Å². The van der Waals surface area contributed by atoms with E-state index in [4.69, 9.17) is 9.52 Å². The highest BCUT2D eigenvalue weighted by molar-refractivity contribution is 5.80. The lowest BCUT2D eigenvalue weighted by molar-refractivity contribution is 0.117. The Hall–Kier alpha value is -1.36. The minimum absolute atomic E-state index is 0.288. The average molecular weight is 302 g/mol. The van der Waals surface area contributed by atoms with E-state index in [2.05, 4.69) is 29.0 Å². The Morgan fingerprint density at radius 1 is 1.27 bits per heavy atom. The molecule has 0 atom stereocenters. The third-order valence-corrected chi connectivity index (χ3v) is 4.80. The van der Waals surface area contributed by atoms with E-state index in [1.165, 1.54) is 23.8 Å². The van der Waals surface area contributed by atoms with Crippen LogP contribution in [0.15, 0.2) is 34.9 Å². The van der Waals surface area contributed by atoms with Crippen molar-refractivity contribution >= 4 is 11.0 Å². The van der Waals surface area contributed by atoms with Crippen LogP contribution in [-0.2, 0) is 6.54 Å². The quantitative estimate of drug-likeness (QED) is 0.890. The van der Waals surface area contributed by atoms with E-state index in [1.54, 1.807) is 0 Å². The molecule has 0 radical (unpaired) electrons. The highest BCUT2D eigenvalue weighted by Gasteiger charge is 2.22. The van der Waals surface area contributed by atoms with Gasteiger partial charge in [0.1, 0.15) is 5.58 Å². The molecule has 0 unspecified atom stereocenters. The molecule has 4 heteroatoms. The molecule has 0 spiro atoms. The van der Waals surface area contributed by atoms with Crippen molar-refractivity contribution in [3.8, 4) is 0 Å². The average Bonchev–Trinajstić information content (AvgIpc) is 2.96. The van der Waals surface area contributed by atoms with Gasteiger partial charge in [-0.15, -0.1) is 0 Å². The first-order chi connectivity index (χ1) is 10.8. The number of hydrogen-bond donors (Lipinski definition) is 1. The molecule has 4 nitrogen and oxygen atoms in total. The highest BCUT2D eigenvalue weighted by atomic mass is 16.3. The fourth-order valence-corrected chi connectivity index (χ4v) is 3.42. The molecule has 0 bridgehead atoms. The largest absolute Gasteiger partial charge is 0.464 e. The summed E-state index contributed by atoms with van der Waals surface area (Å²) in [6, 6.07) is 8.92. The maximum atomic E-state index is 8.94. The first-order valence-electron chi connectivity index (χ1n) is 8.26. The summed E-state index contributed by atoms with van der Waals surface area (Å²) in [5.74, 6) is 0. The number of fused-ring (bicyclic) bond motifs is 1. The van der Waals surface area contributed by atoms with Gasteiger partial charge in [-0.2, -0.15) is 0 Å². The van der Waals surface area contributed by atoms with Gasteiger partial charge in [-0.1, -0.05) is 18.2 Å². The molecule has 3 rings (SSSR count). The van der Waals surface area contributed by atoms with Crippen LogP contribution in [0.4, 0.5) is 0 Å². The Bertz CT molecular complexity index is 588. The molecule has 1 aromatic heterocycles. The van der Waals surface area contributed by atoms with Crippen LogP contribution in [0.25, 0.3) is 11.0 Å². The van der Waals surface area contributed by atoms with Gasteiger partial charge in [-0.3, -0.25) is 4.90 Å². The first kappa shape index (κ1) is 15.5. The van der Waals surface area contributed by atoms with Crippen molar-refractivity contribution in [3.05, 3.63) is 36.1 Å². The number of aliphatic hydroxyl groups is 1. The van der Waals surface area contributed by atoms with Gasteiger partial charge in [-0.25, -0.2) is 0 Å². The molecule has 1 N–H and O–H groups in total. The predicted octanol–water partition coefficient (Wildman–Crippen LogP) is 2.71. The van der Waals surface area contributed by atoms with Gasteiger partial charge in [-0.05, 0) is 45.5 Å². The molecule has 0 aliphatic carbocycles. The number of likely N-dealkylation sites (tertiary alicyclic amines) is 1. The maximum absolute atomic E-state index is 8.94. The van der Waals surface area contributed by atoms with Gasteiger partial charge in [0.15, 0.2) is 0 Å². The SMILES string of the molecule is CN(CCCO)C1CCN(Cc2coc3ccccc23)CC1. The number of hydrogen-bond acceptors (Lipinski definition) is 4. The molecule has 1 saturated heterocycles. The van der Waals surface area contributed by atoms with Gasteiger partial charge in [0.05, 0.1) is 6.26 Å². The molecule has 0 amide bonds. The lowest BCUT2D eigenvalue weighted by Gasteiger charge is -2.36. The van der Waals surface area contributed by atoms with E-state index in [1.807, 2.05) is 18.4 Å². The second-order valence-corrected chi connectivity index (χ2v) is 6.32. The van der Waals surface area contributed by atoms with Crippen molar-refractivity contribution in [3.63, 3.8) is 0 Å². The van der Waals surface area contributed by atoms with Crippen LogP contribution in [0.5, 0.6) is 0 Å². The molecule has 1 aliphatic rings. The zero-order valence-corrected chi connectivity index (χ0v) is 13.4. The number of para-hydroxylation sites is 1. The van der Waals surface area contributed by atoms with E-state index in [-0.39, 0.29) is 6.61 Å². The van der Waals surface area contributed by atoms with Crippen LogP contribution in [0, 0.1) is 0 Å². The van der Waals surface area contributed by atoms with E-state index in [0.29, 0.717) is 6.04 Å². The molecule has 22 heavy (non-hydrogen) atoms. The Labute approximate surface area is 132 Å². The number of furan rings is 1. The normalized spacial score (nSPS) is 17.6. The summed E-state index contributed by atoms with van der Waals surface area (Å²) in [6.45, 7) is 4.52. The Morgan fingerprint density at radius 3 is 2.82 bits per heavy atom.